The number of hydrogen-bond donors (Lipinski definition) is 1. The number of nitrogens with one attached hydrogen (secondary N) is 1. The zero-order valence-corrected chi connectivity index (χ0v) is 16.7. The molecule has 1 fully saturated rings. The Morgan fingerprint density at radius 2 is 2.04 bits per heavy atom. The lowest BCUT2D eigenvalue weighted by molar-refractivity contribution is -0.122. The van der Waals surface area contributed by atoms with Gasteiger partial charge in [-0.05, 0) is 55.7 Å². The number of nitrogens with zero attached hydrogens (tertiary/aromatic N) is 2. The van der Waals surface area contributed by atoms with Crippen LogP contribution in [0.3, 0.4) is 0 Å². The minimum atomic E-state index is 0.0265. The molecule has 0 spiro atoms. The third kappa shape index (κ3) is 4.14. The summed E-state index contributed by atoms with van der Waals surface area (Å²) in [5.74, 6) is 1.49. The Morgan fingerprint density at radius 3 is 2.82 bits per heavy atom. The van der Waals surface area contributed by atoms with Crippen LogP contribution in [0.1, 0.15) is 37.1 Å². The van der Waals surface area contributed by atoms with Crippen LogP contribution in [0.2, 0.25) is 5.02 Å². The molecule has 1 aliphatic rings. The fourth-order valence-electron chi connectivity index (χ4n) is 3.75. The van der Waals surface area contributed by atoms with Crippen molar-refractivity contribution < 1.29 is 9.53 Å². The molecule has 6 heteroatoms. The fraction of sp³-hybridized carbons (Fsp3) is 0.364. The van der Waals surface area contributed by atoms with Gasteiger partial charge in [-0.2, -0.15) is 0 Å². The average molecular weight is 398 g/mol. The third-order valence-corrected chi connectivity index (χ3v) is 5.68. The normalized spacial score (nSPS) is 14.5. The molecule has 1 aromatic heterocycles. The third-order valence-electron chi connectivity index (χ3n) is 5.25. The first kappa shape index (κ1) is 18.8. The number of ether oxygens (including phenoxy) is 1. The van der Waals surface area contributed by atoms with Crippen molar-refractivity contribution in [1.82, 2.24) is 14.9 Å². The summed E-state index contributed by atoms with van der Waals surface area (Å²) in [7, 11) is 0. The van der Waals surface area contributed by atoms with E-state index in [0.717, 1.165) is 41.0 Å². The van der Waals surface area contributed by atoms with Gasteiger partial charge in [-0.3, -0.25) is 4.79 Å². The number of aromatic nitrogens is 2. The number of halogens is 1. The van der Waals surface area contributed by atoms with Crippen molar-refractivity contribution in [3.05, 3.63) is 58.9 Å². The van der Waals surface area contributed by atoms with E-state index in [0.29, 0.717) is 11.1 Å². The van der Waals surface area contributed by atoms with Gasteiger partial charge in [0.15, 0.2) is 0 Å². The van der Waals surface area contributed by atoms with Crippen molar-refractivity contribution in [2.75, 3.05) is 0 Å². The number of carbonyl (C=O) groups excluding carboxylic acids is 1. The van der Waals surface area contributed by atoms with Crippen molar-refractivity contribution in [3.8, 4) is 5.75 Å². The number of hydrogen-bond acceptors (Lipinski definition) is 3. The largest absolute Gasteiger partial charge is 0.486 e. The van der Waals surface area contributed by atoms with Crippen LogP contribution in [0.15, 0.2) is 42.5 Å². The van der Waals surface area contributed by atoms with Crippen LogP contribution in [0.5, 0.6) is 5.75 Å². The van der Waals surface area contributed by atoms with Crippen molar-refractivity contribution in [2.45, 2.75) is 51.8 Å². The van der Waals surface area contributed by atoms with Crippen molar-refractivity contribution in [3.63, 3.8) is 0 Å². The zero-order chi connectivity index (χ0) is 19.5. The quantitative estimate of drug-likeness (QED) is 0.659. The molecule has 0 atom stereocenters. The van der Waals surface area contributed by atoms with Crippen LogP contribution in [-0.4, -0.2) is 21.5 Å². The molecular weight excluding hydrogens is 374 g/mol. The molecule has 0 saturated heterocycles. The van der Waals surface area contributed by atoms with E-state index in [4.69, 9.17) is 16.3 Å². The zero-order valence-electron chi connectivity index (χ0n) is 16.0. The van der Waals surface area contributed by atoms with E-state index in [9.17, 15) is 4.79 Å². The van der Waals surface area contributed by atoms with E-state index in [1.807, 2.05) is 54.0 Å². The summed E-state index contributed by atoms with van der Waals surface area (Å²) in [4.78, 5) is 17.3. The highest BCUT2D eigenvalue weighted by Gasteiger charge is 2.19. The smallest absolute Gasteiger partial charge is 0.240 e. The van der Waals surface area contributed by atoms with Gasteiger partial charge in [0.05, 0.1) is 11.0 Å². The number of aryl methyl sites for hydroxylation is 1. The van der Waals surface area contributed by atoms with E-state index in [-0.39, 0.29) is 19.1 Å². The monoisotopic (exact) mass is 397 g/mol. The topological polar surface area (TPSA) is 56.2 Å². The highest BCUT2D eigenvalue weighted by Crippen LogP contribution is 2.23. The predicted molar refractivity (Wildman–Crippen MR) is 111 cm³/mol. The Hall–Kier alpha value is -2.53. The van der Waals surface area contributed by atoms with Gasteiger partial charge in [0, 0.05) is 11.1 Å². The van der Waals surface area contributed by atoms with Gasteiger partial charge < -0.3 is 14.6 Å². The molecule has 0 bridgehead atoms. The summed E-state index contributed by atoms with van der Waals surface area (Å²) in [5.41, 5.74) is 2.76. The molecule has 4 rings (SSSR count). The second kappa shape index (κ2) is 8.23. The molecule has 1 aliphatic carbocycles. The summed E-state index contributed by atoms with van der Waals surface area (Å²) in [6, 6.07) is 13.7. The SMILES string of the molecule is Cc1cc(OCc2nc3ccccc3n2CC(=O)NC2CCCC2)ccc1Cl. The second-order valence-electron chi connectivity index (χ2n) is 7.35. The Morgan fingerprint density at radius 1 is 1.25 bits per heavy atom. The lowest BCUT2D eigenvalue weighted by Gasteiger charge is -2.14. The van der Waals surface area contributed by atoms with Gasteiger partial charge >= 0.3 is 0 Å². The number of fused-ring (bicyclic) bond motifs is 1. The van der Waals surface area contributed by atoms with Gasteiger partial charge in [0.1, 0.15) is 24.7 Å². The van der Waals surface area contributed by atoms with E-state index >= 15 is 0 Å². The van der Waals surface area contributed by atoms with Gasteiger partial charge in [0.2, 0.25) is 5.91 Å². The molecule has 0 unspecified atom stereocenters. The first-order chi connectivity index (χ1) is 13.6. The van der Waals surface area contributed by atoms with Gasteiger partial charge in [0.25, 0.3) is 0 Å². The van der Waals surface area contributed by atoms with Gasteiger partial charge in [-0.1, -0.05) is 36.6 Å². The molecule has 1 heterocycles. The maximum atomic E-state index is 12.6. The second-order valence-corrected chi connectivity index (χ2v) is 7.76. The summed E-state index contributed by atoms with van der Waals surface area (Å²) < 4.78 is 7.89. The molecule has 2 aromatic carbocycles. The van der Waals surface area contributed by atoms with E-state index in [1.165, 1.54) is 12.8 Å². The van der Waals surface area contributed by atoms with Crippen LogP contribution in [0, 0.1) is 6.92 Å². The average Bonchev–Trinajstić information content (AvgIpc) is 3.31. The Labute approximate surface area is 169 Å². The minimum Gasteiger partial charge on any atom is -0.486 e. The number of rotatable bonds is 6. The Bertz CT molecular complexity index is 993. The Balaban J connectivity index is 1.54. The first-order valence-corrected chi connectivity index (χ1v) is 10.1. The molecule has 1 amide bonds. The summed E-state index contributed by atoms with van der Waals surface area (Å²) in [5, 5.41) is 3.86. The summed E-state index contributed by atoms with van der Waals surface area (Å²) in [6.45, 7) is 2.47. The molecular formula is C22H24ClN3O2. The van der Waals surface area contributed by atoms with E-state index < -0.39 is 0 Å². The molecule has 1 N–H and O–H groups in total. The lowest BCUT2D eigenvalue weighted by atomic mass is 10.2. The highest BCUT2D eigenvalue weighted by atomic mass is 35.5. The maximum Gasteiger partial charge on any atom is 0.240 e. The van der Waals surface area contributed by atoms with Crippen LogP contribution >= 0.6 is 11.6 Å². The number of carbonyl (C=O) groups is 1. The maximum absolute atomic E-state index is 12.6. The molecule has 5 nitrogen and oxygen atoms in total. The number of imidazole rings is 1. The minimum absolute atomic E-state index is 0.0265. The van der Waals surface area contributed by atoms with Crippen LogP contribution in [0.4, 0.5) is 0 Å². The van der Waals surface area contributed by atoms with Crippen LogP contribution in [0.25, 0.3) is 11.0 Å². The first-order valence-electron chi connectivity index (χ1n) is 9.72. The fourth-order valence-corrected chi connectivity index (χ4v) is 3.87. The molecule has 0 radical (unpaired) electrons. The van der Waals surface area contributed by atoms with Gasteiger partial charge in [-0.15, -0.1) is 0 Å². The van der Waals surface area contributed by atoms with Crippen LogP contribution < -0.4 is 10.1 Å². The van der Waals surface area contributed by atoms with Gasteiger partial charge in [-0.25, -0.2) is 4.98 Å². The molecule has 146 valence electrons. The van der Waals surface area contributed by atoms with Crippen molar-refractivity contribution in [2.24, 2.45) is 0 Å². The molecule has 0 aliphatic heterocycles. The number of para-hydroxylation sites is 2. The van der Waals surface area contributed by atoms with Crippen LogP contribution in [-0.2, 0) is 17.9 Å². The lowest BCUT2D eigenvalue weighted by Crippen LogP contribution is -2.35. The Kier molecular flexibility index (Phi) is 5.53. The molecule has 28 heavy (non-hydrogen) atoms. The number of amides is 1. The molecule has 1 saturated carbocycles. The number of benzene rings is 2. The standard InChI is InChI=1S/C22H24ClN3O2/c1-15-12-17(10-11-18(15)23)28-14-21-25-19-8-4-5-9-20(19)26(21)13-22(27)24-16-6-2-3-7-16/h4-5,8-12,16H,2-3,6-7,13-14H2,1H3,(H,24,27). The van der Waals surface area contributed by atoms with Crippen molar-refractivity contribution >= 4 is 28.5 Å². The van der Waals surface area contributed by atoms with E-state index in [1.54, 1.807) is 0 Å². The van der Waals surface area contributed by atoms with E-state index in [2.05, 4.69) is 10.3 Å². The predicted octanol–water partition coefficient (Wildman–Crippen LogP) is 4.64. The molecule has 3 aromatic rings. The highest BCUT2D eigenvalue weighted by molar-refractivity contribution is 6.31. The summed E-state index contributed by atoms with van der Waals surface area (Å²) in [6.07, 6.45) is 4.53. The summed E-state index contributed by atoms with van der Waals surface area (Å²) >= 11 is 6.09. The van der Waals surface area contributed by atoms with Crippen molar-refractivity contribution in [1.29, 1.82) is 0 Å².